The maximum atomic E-state index is 13.6. The number of hydrogen-bond acceptors (Lipinski definition) is 7. The predicted octanol–water partition coefficient (Wildman–Crippen LogP) is 3.52. The van der Waals surface area contributed by atoms with Gasteiger partial charge in [0, 0.05) is 49.2 Å². The fraction of sp³-hybridized carbons (Fsp3) is 0.379. The minimum Gasteiger partial charge on any atom is -0.497 e. The number of nitrogens with one attached hydrogen (secondary N) is 1. The standard InChI is InChI=1S/C29H36N4O4S/c1-36-24-10-8-21(9-11-24)19-32(20-26-7-4-16-38-26)23-12-15-33(27(18-23)28(34)31-14-13-30)29(35)22-5-3-6-25(17-22)37-2/h3-11,16-17,23,27H,12-15,18-20,30H2,1-2H3,(H,31,34)/t23?,27-/m1/s1. The van der Waals surface area contributed by atoms with E-state index in [1.54, 1.807) is 54.7 Å². The average molecular weight is 537 g/mol. The quantitative estimate of drug-likeness (QED) is 0.389. The Morgan fingerprint density at radius 2 is 1.84 bits per heavy atom. The van der Waals surface area contributed by atoms with Crippen LogP contribution in [-0.4, -0.2) is 67.6 Å². The highest BCUT2D eigenvalue weighted by Gasteiger charge is 2.38. The van der Waals surface area contributed by atoms with E-state index in [-0.39, 0.29) is 17.9 Å². The van der Waals surface area contributed by atoms with Gasteiger partial charge >= 0.3 is 0 Å². The molecule has 3 aromatic rings. The zero-order valence-electron chi connectivity index (χ0n) is 22.0. The van der Waals surface area contributed by atoms with Crippen molar-refractivity contribution in [2.45, 2.75) is 38.0 Å². The van der Waals surface area contributed by atoms with E-state index >= 15 is 0 Å². The van der Waals surface area contributed by atoms with E-state index in [0.717, 1.165) is 25.3 Å². The lowest BCUT2D eigenvalue weighted by molar-refractivity contribution is -0.127. The third-order valence-corrected chi connectivity index (χ3v) is 7.76. The molecule has 2 amide bonds. The number of likely N-dealkylation sites (tertiary alicyclic amines) is 1. The number of piperidine rings is 1. The molecule has 1 unspecified atom stereocenters. The first kappa shape index (κ1) is 27.6. The van der Waals surface area contributed by atoms with Crippen LogP contribution < -0.4 is 20.5 Å². The average Bonchev–Trinajstić information content (AvgIpc) is 3.48. The van der Waals surface area contributed by atoms with Gasteiger partial charge in [0.15, 0.2) is 0 Å². The summed E-state index contributed by atoms with van der Waals surface area (Å²) in [6, 6.07) is 18.9. The molecule has 202 valence electrons. The first-order valence-corrected chi connectivity index (χ1v) is 13.7. The summed E-state index contributed by atoms with van der Waals surface area (Å²) in [6.07, 6.45) is 1.30. The van der Waals surface area contributed by atoms with E-state index in [1.165, 1.54) is 10.4 Å². The Kier molecular flexibility index (Phi) is 9.75. The second-order valence-corrected chi connectivity index (χ2v) is 10.4. The summed E-state index contributed by atoms with van der Waals surface area (Å²) >= 11 is 1.73. The van der Waals surface area contributed by atoms with Crippen molar-refractivity contribution in [1.29, 1.82) is 0 Å². The van der Waals surface area contributed by atoms with Crippen molar-refractivity contribution in [2.75, 3.05) is 33.9 Å². The summed E-state index contributed by atoms with van der Waals surface area (Å²) in [4.78, 5) is 32.3. The van der Waals surface area contributed by atoms with Gasteiger partial charge in [-0.3, -0.25) is 14.5 Å². The van der Waals surface area contributed by atoms with Crippen LogP contribution in [0.2, 0.25) is 0 Å². The largest absolute Gasteiger partial charge is 0.497 e. The number of ether oxygens (including phenoxy) is 2. The van der Waals surface area contributed by atoms with Crippen LogP contribution in [0.15, 0.2) is 66.0 Å². The summed E-state index contributed by atoms with van der Waals surface area (Å²) < 4.78 is 10.6. The van der Waals surface area contributed by atoms with Crippen LogP contribution in [0, 0.1) is 0 Å². The number of rotatable bonds is 11. The molecule has 0 saturated carbocycles. The highest BCUT2D eigenvalue weighted by molar-refractivity contribution is 7.09. The summed E-state index contributed by atoms with van der Waals surface area (Å²) in [6.45, 7) is 2.69. The molecule has 1 aromatic heterocycles. The Labute approximate surface area is 228 Å². The van der Waals surface area contributed by atoms with Gasteiger partial charge in [-0.05, 0) is 60.2 Å². The number of methoxy groups -OCH3 is 2. The zero-order chi connectivity index (χ0) is 26.9. The van der Waals surface area contributed by atoms with Crippen LogP contribution in [0.5, 0.6) is 11.5 Å². The zero-order valence-corrected chi connectivity index (χ0v) is 22.8. The van der Waals surface area contributed by atoms with Crippen molar-refractivity contribution >= 4 is 23.2 Å². The Balaban J connectivity index is 1.58. The first-order valence-electron chi connectivity index (χ1n) is 12.8. The minimum atomic E-state index is -0.597. The number of nitrogens with two attached hydrogens (primary N) is 1. The minimum absolute atomic E-state index is 0.113. The van der Waals surface area contributed by atoms with Crippen molar-refractivity contribution < 1.29 is 19.1 Å². The topological polar surface area (TPSA) is 97.1 Å². The van der Waals surface area contributed by atoms with Crippen LogP contribution in [0.4, 0.5) is 0 Å². The molecule has 8 nitrogen and oxygen atoms in total. The van der Waals surface area contributed by atoms with Crippen LogP contribution in [0.3, 0.4) is 0 Å². The van der Waals surface area contributed by atoms with Crippen molar-refractivity contribution in [3.63, 3.8) is 0 Å². The molecule has 2 heterocycles. The Morgan fingerprint density at radius 1 is 1.05 bits per heavy atom. The SMILES string of the molecule is COc1ccc(CN(Cc2cccs2)C2CCN(C(=O)c3cccc(OC)c3)[C@@H](C(=O)NCCN)C2)cc1. The molecule has 0 bridgehead atoms. The summed E-state index contributed by atoms with van der Waals surface area (Å²) in [7, 11) is 3.23. The lowest BCUT2D eigenvalue weighted by atomic mass is 9.93. The van der Waals surface area contributed by atoms with Crippen molar-refractivity contribution in [2.24, 2.45) is 5.73 Å². The van der Waals surface area contributed by atoms with Crippen molar-refractivity contribution in [1.82, 2.24) is 15.1 Å². The molecule has 2 aromatic carbocycles. The van der Waals surface area contributed by atoms with Crippen LogP contribution in [0.25, 0.3) is 0 Å². The number of carbonyl (C=O) groups excluding carboxylic acids is 2. The van der Waals surface area contributed by atoms with E-state index in [0.29, 0.717) is 37.4 Å². The highest BCUT2D eigenvalue weighted by atomic mass is 32.1. The Hall–Kier alpha value is -3.40. The fourth-order valence-corrected chi connectivity index (χ4v) is 5.62. The highest BCUT2D eigenvalue weighted by Crippen LogP contribution is 2.28. The molecule has 1 fully saturated rings. The van der Waals surface area contributed by atoms with E-state index in [1.807, 2.05) is 12.1 Å². The van der Waals surface area contributed by atoms with E-state index in [9.17, 15) is 9.59 Å². The number of thiophene rings is 1. The number of nitrogens with zero attached hydrogens (tertiary/aromatic N) is 2. The molecule has 0 radical (unpaired) electrons. The number of hydrogen-bond donors (Lipinski definition) is 2. The van der Waals surface area contributed by atoms with Crippen molar-refractivity contribution in [3.8, 4) is 11.5 Å². The molecular formula is C29H36N4O4S. The predicted molar refractivity (Wildman–Crippen MR) is 149 cm³/mol. The maximum absolute atomic E-state index is 13.6. The smallest absolute Gasteiger partial charge is 0.254 e. The van der Waals surface area contributed by atoms with Gasteiger partial charge in [-0.1, -0.05) is 24.3 Å². The monoisotopic (exact) mass is 536 g/mol. The van der Waals surface area contributed by atoms with Gasteiger partial charge in [-0.15, -0.1) is 11.3 Å². The Bertz CT molecular complexity index is 1190. The molecule has 38 heavy (non-hydrogen) atoms. The molecular weight excluding hydrogens is 500 g/mol. The fourth-order valence-electron chi connectivity index (χ4n) is 4.89. The second kappa shape index (κ2) is 13.4. The Morgan fingerprint density at radius 3 is 2.53 bits per heavy atom. The van der Waals surface area contributed by atoms with Gasteiger partial charge in [-0.2, -0.15) is 0 Å². The van der Waals surface area contributed by atoms with Gasteiger partial charge in [0.2, 0.25) is 5.91 Å². The van der Waals surface area contributed by atoms with Gasteiger partial charge in [0.05, 0.1) is 14.2 Å². The third-order valence-electron chi connectivity index (χ3n) is 6.90. The van der Waals surface area contributed by atoms with E-state index in [2.05, 4.69) is 39.9 Å². The van der Waals surface area contributed by atoms with Gasteiger partial charge in [0.25, 0.3) is 5.91 Å². The van der Waals surface area contributed by atoms with Gasteiger partial charge < -0.3 is 25.4 Å². The molecule has 1 aliphatic heterocycles. The number of benzene rings is 2. The van der Waals surface area contributed by atoms with Crippen LogP contribution >= 0.6 is 11.3 Å². The lowest BCUT2D eigenvalue weighted by Crippen LogP contribution is -2.57. The van der Waals surface area contributed by atoms with E-state index < -0.39 is 6.04 Å². The molecule has 1 saturated heterocycles. The summed E-state index contributed by atoms with van der Waals surface area (Å²) in [5, 5.41) is 5.00. The van der Waals surface area contributed by atoms with E-state index in [4.69, 9.17) is 15.2 Å². The van der Waals surface area contributed by atoms with Crippen molar-refractivity contribution in [3.05, 3.63) is 82.0 Å². The number of amides is 2. The first-order chi connectivity index (χ1) is 18.5. The number of carbonyl (C=O) groups is 2. The molecule has 0 spiro atoms. The van der Waals surface area contributed by atoms with Gasteiger partial charge in [-0.25, -0.2) is 0 Å². The summed E-state index contributed by atoms with van der Waals surface area (Å²) in [5.74, 6) is 1.09. The molecule has 0 aliphatic carbocycles. The lowest BCUT2D eigenvalue weighted by Gasteiger charge is -2.43. The van der Waals surface area contributed by atoms with Gasteiger partial charge in [0.1, 0.15) is 17.5 Å². The molecule has 9 heteroatoms. The molecule has 3 N–H and O–H groups in total. The summed E-state index contributed by atoms with van der Waals surface area (Å²) in [5.41, 5.74) is 7.33. The van der Waals surface area contributed by atoms with Crippen LogP contribution in [0.1, 0.15) is 33.6 Å². The molecule has 2 atom stereocenters. The normalized spacial score (nSPS) is 17.3. The molecule has 1 aliphatic rings. The third kappa shape index (κ3) is 6.92. The second-order valence-electron chi connectivity index (χ2n) is 9.34. The maximum Gasteiger partial charge on any atom is 0.254 e. The molecule has 4 rings (SSSR count). The van der Waals surface area contributed by atoms with Crippen LogP contribution in [-0.2, 0) is 17.9 Å².